The van der Waals surface area contributed by atoms with Crippen LogP contribution in [0.3, 0.4) is 0 Å². The molecule has 0 aliphatic heterocycles. The summed E-state index contributed by atoms with van der Waals surface area (Å²) in [6.07, 6.45) is 1.56. The Kier molecular flexibility index (Phi) is 2.94. The molecule has 0 atom stereocenters. The third-order valence-electron chi connectivity index (χ3n) is 2.57. The second-order valence-electron chi connectivity index (χ2n) is 3.80. The van der Waals surface area contributed by atoms with Crippen molar-refractivity contribution in [3.63, 3.8) is 0 Å². The van der Waals surface area contributed by atoms with Gasteiger partial charge in [-0.15, -0.1) is 0 Å². The lowest BCUT2D eigenvalue weighted by Crippen LogP contribution is -1.95. The van der Waals surface area contributed by atoms with Crippen molar-refractivity contribution in [1.82, 2.24) is 9.97 Å². The van der Waals surface area contributed by atoms with Crippen LogP contribution >= 0.6 is 15.9 Å². The maximum Gasteiger partial charge on any atom is 0.141 e. The summed E-state index contributed by atoms with van der Waals surface area (Å²) in [5.41, 5.74) is 1.88. The average Bonchev–Trinajstić information content (AvgIpc) is 2.39. The Morgan fingerprint density at radius 1 is 1.17 bits per heavy atom. The van der Waals surface area contributed by atoms with Gasteiger partial charge in [-0.2, -0.15) is 0 Å². The molecule has 0 aliphatic carbocycles. The molecule has 87 valence electrons. The van der Waals surface area contributed by atoms with Gasteiger partial charge in [0.25, 0.3) is 0 Å². The number of nitrogens with one attached hydrogen (secondary N) is 1. The van der Waals surface area contributed by atoms with Crippen molar-refractivity contribution in [2.45, 2.75) is 0 Å². The van der Waals surface area contributed by atoms with E-state index in [0.29, 0.717) is 0 Å². The summed E-state index contributed by atoms with van der Waals surface area (Å²) in [6, 6.07) is 16.6. The summed E-state index contributed by atoms with van der Waals surface area (Å²) in [4.78, 5) is 8.49. The molecule has 0 saturated heterocycles. The summed E-state index contributed by atoms with van der Waals surface area (Å²) in [5.74, 6) is 0.787. The van der Waals surface area contributed by atoms with Gasteiger partial charge < -0.3 is 5.32 Å². The summed E-state index contributed by atoms with van der Waals surface area (Å²) in [7, 11) is 0. The second kappa shape index (κ2) is 4.74. The van der Waals surface area contributed by atoms with Crippen LogP contribution in [0.4, 0.5) is 11.5 Å². The Labute approximate surface area is 113 Å². The Balaban J connectivity index is 2.05. The molecule has 0 saturated carbocycles. The lowest BCUT2D eigenvalue weighted by Gasteiger charge is -2.08. The van der Waals surface area contributed by atoms with E-state index in [1.165, 1.54) is 0 Å². The van der Waals surface area contributed by atoms with Crippen LogP contribution in [-0.2, 0) is 0 Å². The molecule has 0 unspecified atom stereocenters. The first-order chi connectivity index (χ1) is 8.83. The number of fused-ring (bicyclic) bond motifs is 1. The molecule has 18 heavy (non-hydrogen) atoms. The minimum atomic E-state index is 0.787. The largest absolute Gasteiger partial charge is 0.340 e. The van der Waals surface area contributed by atoms with E-state index in [0.717, 1.165) is 26.9 Å². The lowest BCUT2D eigenvalue weighted by molar-refractivity contribution is 1.22. The Morgan fingerprint density at radius 3 is 3.00 bits per heavy atom. The van der Waals surface area contributed by atoms with E-state index in [4.69, 9.17) is 0 Å². The monoisotopic (exact) mass is 298 g/mol. The van der Waals surface area contributed by atoms with Gasteiger partial charge in [0.15, 0.2) is 0 Å². The highest BCUT2D eigenvalue weighted by Crippen LogP contribution is 2.24. The van der Waals surface area contributed by atoms with E-state index in [1.54, 1.807) is 6.33 Å². The molecule has 1 N–H and O–H groups in total. The standard InChI is InChI=1S/C14H9BrN3/c15-10-4-3-5-11(8-10)18-14-12-6-1-2-7-13(12)16-9-17-14/h2-9H,(H,16,17,18). The molecule has 0 bridgehead atoms. The summed E-state index contributed by atoms with van der Waals surface area (Å²) in [6.45, 7) is 0. The molecule has 3 nitrogen and oxygen atoms in total. The third kappa shape index (κ3) is 2.19. The van der Waals surface area contributed by atoms with Crippen LogP contribution in [-0.4, -0.2) is 9.97 Å². The second-order valence-corrected chi connectivity index (χ2v) is 4.72. The SMILES string of the molecule is Brc1cccc(Nc2ncnc3cc[c]cc23)c1. The smallest absolute Gasteiger partial charge is 0.141 e. The van der Waals surface area contributed by atoms with Gasteiger partial charge in [0.2, 0.25) is 0 Å². The van der Waals surface area contributed by atoms with E-state index in [2.05, 4.69) is 37.3 Å². The van der Waals surface area contributed by atoms with E-state index in [9.17, 15) is 0 Å². The fraction of sp³-hybridized carbons (Fsp3) is 0. The predicted octanol–water partition coefficient (Wildman–Crippen LogP) is 3.94. The maximum atomic E-state index is 4.27. The van der Waals surface area contributed by atoms with Gasteiger partial charge in [-0.3, -0.25) is 0 Å². The Morgan fingerprint density at radius 2 is 2.11 bits per heavy atom. The number of halogens is 1. The number of benzene rings is 2. The molecule has 1 heterocycles. The van der Waals surface area contributed by atoms with Crippen LogP contribution in [0.25, 0.3) is 10.9 Å². The molecule has 0 spiro atoms. The molecule has 3 rings (SSSR count). The van der Waals surface area contributed by atoms with E-state index in [1.807, 2.05) is 42.5 Å². The van der Waals surface area contributed by atoms with E-state index >= 15 is 0 Å². The number of hydrogen-bond acceptors (Lipinski definition) is 3. The zero-order valence-electron chi connectivity index (χ0n) is 9.39. The summed E-state index contributed by atoms with van der Waals surface area (Å²) < 4.78 is 1.03. The van der Waals surface area contributed by atoms with Crippen molar-refractivity contribution >= 4 is 38.3 Å². The van der Waals surface area contributed by atoms with Gasteiger partial charge in [-0.1, -0.05) is 28.1 Å². The van der Waals surface area contributed by atoms with Crippen molar-refractivity contribution in [3.05, 3.63) is 59.3 Å². The normalized spacial score (nSPS) is 10.5. The van der Waals surface area contributed by atoms with Gasteiger partial charge in [-0.25, -0.2) is 9.97 Å². The van der Waals surface area contributed by atoms with Crippen LogP contribution in [0.2, 0.25) is 0 Å². The van der Waals surface area contributed by atoms with Crippen LogP contribution in [0.15, 0.2) is 53.3 Å². The highest BCUT2D eigenvalue weighted by molar-refractivity contribution is 9.10. The minimum Gasteiger partial charge on any atom is -0.340 e. The molecule has 4 heteroatoms. The first-order valence-corrected chi connectivity index (χ1v) is 6.25. The van der Waals surface area contributed by atoms with Crippen molar-refractivity contribution < 1.29 is 0 Å². The van der Waals surface area contributed by atoms with Gasteiger partial charge in [0, 0.05) is 15.5 Å². The molecule has 2 aromatic carbocycles. The van der Waals surface area contributed by atoms with Crippen LogP contribution in [0, 0.1) is 6.07 Å². The third-order valence-corrected chi connectivity index (χ3v) is 3.06. The van der Waals surface area contributed by atoms with E-state index in [-0.39, 0.29) is 0 Å². The average molecular weight is 299 g/mol. The number of aromatic nitrogens is 2. The summed E-state index contributed by atoms with van der Waals surface area (Å²) >= 11 is 3.45. The fourth-order valence-corrected chi connectivity index (χ4v) is 2.14. The molecule has 0 amide bonds. The molecule has 1 aromatic heterocycles. The maximum absolute atomic E-state index is 4.27. The van der Waals surface area contributed by atoms with Crippen molar-refractivity contribution in [2.75, 3.05) is 5.32 Å². The number of nitrogens with zero attached hydrogens (tertiary/aromatic N) is 2. The Bertz CT molecular complexity index is 692. The van der Waals surface area contributed by atoms with Crippen molar-refractivity contribution in [3.8, 4) is 0 Å². The van der Waals surface area contributed by atoms with Crippen molar-refractivity contribution in [2.24, 2.45) is 0 Å². The Hall–Kier alpha value is -1.94. The van der Waals surface area contributed by atoms with Crippen LogP contribution in [0.1, 0.15) is 0 Å². The fourth-order valence-electron chi connectivity index (χ4n) is 1.75. The number of rotatable bonds is 2. The molecule has 3 aromatic rings. The quantitative estimate of drug-likeness (QED) is 0.779. The molecule has 1 radical (unpaired) electrons. The number of anilines is 2. The van der Waals surface area contributed by atoms with Gasteiger partial charge in [0.1, 0.15) is 12.1 Å². The van der Waals surface area contributed by atoms with Gasteiger partial charge in [0.05, 0.1) is 5.52 Å². The topological polar surface area (TPSA) is 37.8 Å². The first-order valence-electron chi connectivity index (χ1n) is 5.46. The molecule has 0 fully saturated rings. The first kappa shape index (κ1) is 11.2. The van der Waals surface area contributed by atoms with Gasteiger partial charge in [-0.05, 0) is 36.4 Å². The molecular formula is C14H9BrN3. The highest BCUT2D eigenvalue weighted by Gasteiger charge is 2.03. The van der Waals surface area contributed by atoms with Gasteiger partial charge >= 0.3 is 0 Å². The zero-order chi connectivity index (χ0) is 12.4. The molecular weight excluding hydrogens is 290 g/mol. The minimum absolute atomic E-state index is 0.787. The number of hydrogen-bond donors (Lipinski definition) is 1. The highest BCUT2D eigenvalue weighted by atomic mass is 79.9. The lowest BCUT2D eigenvalue weighted by atomic mass is 10.2. The van der Waals surface area contributed by atoms with Crippen molar-refractivity contribution in [1.29, 1.82) is 0 Å². The zero-order valence-corrected chi connectivity index (χ0v) is 11.0. The van der Waals surface area contributed by atoms with E-state index < -0.39 is 0 Å². The van der Waals surface area contributed by atoms with Crippen LogP contribution < -0.4 is 5.32 Å². The summed E-state index contributed by atoms with van der Waals surface area (Å²) in [5, 5.41) is 4.24. The molecule has 0 aliphatic rings. The van der Waals surface area contributed by atoms with Crippen LogP contribution in [0.5, 0.6) is 0 Å². The predicted molar refractivity (Wildman–Crippen MR) is 75.8 cm³/mol.